The van der Waals surface area contributed by atoms with Gasteiger partial charge in [-0.15, -0.1) is 0 Å². The second-order valence-electron chi connectivity index (χ2n) is 3.97. The molecule has 0 amide bonds. The maximum atomic E-state index is 11.2. The Labute approximate surface area is 95.4 Å². The molecule has 0 bridgehead atoms. The van der Waals surface area contributed by atoms with Crippen molar-refractivity contribution in [3.63, 3.8) is 0 Å². The second kappa shape index (κ2) is 7.34. The minimum absolute atomic E-state index is 0.0464. The quantitative estimate of drug-likeness (QED) is 0.369. The zero-order valence-corrected chi connectivity index (χ0v) is 10.6. The van der Waals surface area contributed by atoms with E-state index < -0.39 is 7.82 Å². The summed E-state index contributed by atoms with van der Waals surface area (Å²) in [6.07, 6.45) is 0. The summed E-state index contributed by atoms with van der Waals surface area (Å²) in [6.45, 7) is 0.545. The zero-order valence-electron chi connectivity index (χ0n) is 9.70. The number of aliphatic hydroxyl groups excluding tert-OH is 2. The summed E-state index contributed by atoms with van der Waals surface area (Å²) in [6, 6.07) is 0. The normalized spacial score (nSPS) is 16.1. The van der Waals surface area contributed by atoms with Crippen LogP contribution in [-0.4, -0.2) is 73.2 Å². The number of rotatable bonds is 9. The Morgan fingerprint density at radius 2 is 1.62 bits per heavy atom. The van der Waals surface area contributed by atoms with E-state index in [9.17, 15) is 4.57 Å². The van der Waals surface area contributed by atoms with E-state index in [1.165, 1.54) is 0 Å². The number of likely N-dealkylation sites (N-methyl/N-ethyl adjacent to an activating group) is 1. The first kappa shape index (κ1) is 16.0. The van der Waals surface area contributed by atoms with Gasteiger partial charge in [-0.25, -0.2) is 4.57 Å². The summed E-state index contributed by atoms with van der Waals surface area (Å²) in [7, 11) is -0.304. The van der Waals surface area contributed by atoms with E-state index in [0.29, 0.717) is 17.6 Å². The van der Waals surface area contributed by atoms with Crippen LogP contribution in [-0.2, 0) is 13.6 Å². The monoisotopic (exact) mass is 258 g/mol. The van der Waals surface area contributed by atoms with Crippen molar-refractivity contribution in [2.75, 3.05) is 53.6 Å². The van der Waals surface area contributed by atoms with Gasteiger partial charge in [0.1, 0.15) is 19.7 Å². The number of hydrogen-bond donors (Lipinski definition) is 3. The maximum Gasteiger partial charge on any atom is 0.472 e. The van der Waals surface area contributed by atoms with E-state index in [0.717, 1.165) is 0 Å². The minimum Gasteiger partial charge on any atom is -0.394 e. The van der Waals surface area contributed by atoms with Crippen LogP contribution in [0.2, 0.25) is 0 Å². The summed E-state index contributed by atoms with van der Waals surface area (Å²) in [5.41, 5.74) is 0. The van der Waals surface area contributed by atoms with Gasteiger partial charge in [-0.2, -0.15) is 0 Å². The lowest BCUT2D eigenvalue weighted by atomic mass is 10.4. The van der Waals surface area contributed by atoms with Gasteiger partial charge in [0.2, 0.25) is 0 Å². The van der Waals surface area contributed by atoms with Gasteiger partial charge in [0.15, 0.2) is 0 Å². The van der Waals surface area contributed by atoms with Gasteiger partial charge in [0.25, 0.3) is 0 Å². The first-order valence-electron chi connectivity index (χ1n) is 4.98. The van der Waals surface area contributed by atoms with E-state index in [-0.39, 0.29) is 26.4 Å². The van der Waals surface area contributed by atoms with Gasteiger partial charge in [-0.05, 0) is 0 Å². The van der Waals surface area contributed by atoms with Gasteiger partial charge >= 0.3 is 7.82 Å². The van der Waals surface area contributed by atoms with Crippen molar-refractivity contribution >= 4 is 7.82 Å². The van der Waals surface area contributed by atoms with Gasteiger partial charge in [0, 0.05) is 0 Å². The Balaban J connectivity index is 3.83. The molecule has 0 aromatic heterocycles. The Bertz CT molecular complexity index is 235. The molecule has 1 unspecified atom stereocenters. The number of nitrogens with zero attached hydrogens (tertiary/aromatic N) is 1. The fraction of sp³-hybridized carbons (Fsp3) is 1.00. The molecule has 0 aliphatic rings. The Morgan fingerprint density at radius 3 is 2.12 bits per heavy atom. The average molecular weight is 258 g/mol. The maximum absolute atomic E-state index is 11.2. The molecule has 16 heavy (non-hydrogen) atoms. The Kier molecular flexibility index (Phi) is 7.34. The fourth-order valence-electron chi connectivity index (χ4n) is 0.979. The second-order valence-corrected chi connectivity index (χ2v) is 5.42. The van der Waals surface area contributed by atoms with E-state index in [1.807, 2.05) is 14.1 Å². The number of phosphoric acid groups is 1. The first-order chi connectivity index (χ1) is 7.33. The highest BCUT2D eigenvalue weighted by atomic mass is 31.2. The molecule has 0 radical (unpaired) electrons. The third-order valence-electron chi connectivity index (χ3n) is 2.00. The molecule has 98 valence electrons. The summed E-state index contributed by atoms with van der Waals surface area (Å²) in [4.78, 5) is 9.12. The molecule has 0 aliphatic heterocycles. The molecule has 1 atom stereocenters. The average Bonchev–Trinajstić information content (AvgIpc) is 2.14. The van der Waals surface area contributed by atoms with Crippen LogP contribution in [0, 0.1) is 0 Å². The van der Waals surface area contributed by atoms with Crippen molar-refractivity contribution in [3.05, 3.63) is 0 Å². The van der Waals surface area contributed by atoms with E-state index in [4.69, 9.17) is 19.6 Å². The molecule has 8 heteroatoms. The van der Waals surface area contributed by atoms with Crippen LogP contribution in [0.3, 0.4) is 0 Å². The SMILES string of the molecule is C[N+](C)(CCO)CCOP(=O)(O)OCCO. The van der Waals surface area contributed by atoms with E-state index >= 15 is 0 Å². The molecule has 0 aromatic carbocycles. The highest BCUT2D eigenvalue weighted by molar-refractivity contribution is 7.47. The van der Waals surface area contributed by atoms with Crippen molar-refractivity contribution in [1.82, 2.24) is 0 Å². The van der Waals surface area contributed by atoms with Crippen molar-refractivity contribution in [1.29, 1.82) is 0 Å². The summed E-state index contributed by atoms with van der Waals surface area (Å²) >= 11 is 0. The number of hydrogen-bond acceptors (Lipinski definition) is 5. The van der Waals surface area contributed by atoms with Crippen molar-refractivity contribution in [2.45, 2.75) is 0 Å². The lowest BCUT2D eigenvalue weighted by molar-refractivity contribution is -0.890. The molecule has 0 aliphatic carbocycles. The topological polar surface area (TPSA) is 96.2 Å². The lowest BCUT2D eigenvalue weighted by Crippen LogP contribution is -2.44. The molecule has 0 spiro atoms. The first-order valence-corrected chi connectivity index (χ1v) is 6.48. The van der Waals surface area contributed by atoms with E-state index in [1.54, 1.807) is 0 Å². The standard InChI is InChI=1S/C8H20NO6P/c1-9(2,3-5-10)4-7-14-16(12,13)15-8-6-11/h10-11H,3-8H2,1-2H3/p+1. The minimum atomic E-state index is -4.05. The van der Waals surface area contributed by atoms with Crippen LogP contribution in [0.4, 0.5) is 0 Å². The van der Waals surface area contributed by atoms with Crippen LogP contribution in [0.15, 0.2) is 0 Å². The lowest BCUT2D eigenvalue weighted by Gasteiger charge is -2.28. The fourth-order valence-corrected chi connectivity index (χ4v) is 1.68. The Hall–Kier alpha value is -0.0100. The van der Waals surface area contributed by atoms with Crippen molar-refractivity contribution in [2.24, 2.45) is 0 Å². The molecule has 7 nitrogen and oxygen atoms in total. The highest BCUT2D eigenvalue weighted by Crippen LogP contribution is 2.42. The summed E-state index contributed by atoms with van der Waals surface area (Å²) < 4.78 is 20.8. The molecular formula is C8H21NO6P+. The third-order valence-corrected chi connectivity index (χ3v) is 3.02. The third kappa shape index (κ3) is 8.18. The molecule has 0 saturated heterocycles. The molecule has 0 aromatic rings. The predicted molar refractivity (Wildman–Crippen MR) is 57.7 cm³/mol. The summed E-state index contributed by atoms with van der Waals surface area (Å²) in [5, 5.41) is 17.2. The van der Waals surface area contributed by atoms with Crippen molar-refractivity contribution < 1.29 is 33.2 Å². The number of quaternary nitrogens is 1. The zero-order chi connectivity index (χ0) is 12.7. The predicted octanol–water partition coefficient (Wildman–Crippen LogP) is -0.819. The largest absolute Gasteiger partial charge is 0.472 e. The molecule has 0 heterocycles. The van der Waals surface area contributed by atoms with Crippen molar-refractivity contribution in [3.8, 4) is 0 Å². The number of aliphatic hydroxyl groups is 2. The number of phosphoric ester groups is 1. The highest BCUT2D eigenvalue weighted by Gasteiger charge is 2.23. The smallest absolute Gasteiger partial charge is 0.394 e. The van der Waals surface area contributed by atoms with Gasteiger partial charge in [-0.3, -0.25) is 9.05 Å². The van der Waals surface area contributed by atoms with Gasteiger partial charge in [-0.1, -0.05) is 0 Å². The Morgan fingerprint density at radius 1 is 1.06 bits per heavy atom. The van der Waals surface area contributed by atoms with E-state index in [2.05, 4.69) is 4.52 Å². The summed E-state index contributed by atoms with van der Waals surface area (Å²) in [5.74, 6) is 0. The molecule has 0 fully saturated rings. The van der Waals surface area contributed by atoms with Crippen LogP contribution >= 0.6 is 7.82 Å². The van der Waals surface area contributed by atoms with Crippen LogP contribution in [0.25, 0.3) is 0 Å². The molecular weight excluding hydrogens is 237 g/mol. The molecule has 0 rings (SSSR count). The van der Waals surface area contributed by atoms with Gasteiger partial charge < -0.3 is 19.6 Å². The molecule has 3 N–H and O–H groups in total. The van der Waals surface area contributed by atoms with Crippen LogP contribution in [0.1, 0.15) is 0 Å². The van der Waals surface area contributed by atoms with Crippen LogP contribution in [0.5, 0.6) is 0 Å². The van der Waals surface area contributed by atoms with Gasteiger partial charge in [0.05, 0.1) is 33.9 Å². The molecule has 0 saturated carbocycles. The van der Waals surface area contributed by atoms with Crippen LogP contribution < -0.4 is 0 Å².